The zero-order valence-corrected chi connectivity index (χ0v) is 17.6. The Morgan fingerprint density at radius 1 is 1.19 bits per heavy atom. The molecule has 1 atom stereocenters. The Labute approximate surface area is 182 Å². The number of benzene rings is 2. The van der Waals surface area contributed by atoms with Crippen molar-refractivity contribution < 1.29 is 23.1 Å². The van der Waals surface area contributed by atoms with E-state index in [1.165, 1.54) is 24.3 Å². The first-order chi connectivity index (χ1) is 15.0. The molecule has 0 unspecified atom stereocenters. The van der Waals surface area contributed by atoms with Gasteiger partial charge in [0.2, 0.25) is 5.91 Å². The Bertz CT molecular complexity index is 1070. The summed E-state index contributed by atoms with van der Waals surface area (Å²) in [6.45, 7) is 2.45. The van der Waals surface area contributed by atoms with E-state index < -0.39 is 6.10 Å². The number of thioether (sulfide) groups is 1. The molecule has 1 fully saturated rings. The number of halogens is 1. The van der Waals surface area contributed by atoms with Gasteiger partial charge in [-0.2, -0.15) is 0 Å². The molecule has 0 saturated carbocycles. The fourth-order valence-electron chi connectivity index (χ4n) is 3.17. The monoisotopic (exact) mass is 441 g/mol. The highest BCUT2D eigenvalue weighted by molar-refractivity contribution is 7.99. The highest BCUT2D eigenvalue weighted by Gasteiger charge is 2.22. The highest BCUT2D eigenvalue weighted by atomic mass is 32.2. The molecule has 1 amide bonds. The van der Waals surface area contributed by atoms with Crippen molar-refractivity contribution in [2.45, 2.75) is 31.1 Å². The molecule has 2 aromatic carbocycles. The largest absolute Gasteiger partial charge is 0.481 e. The molecule has 0 N–H and O–H groups in total. The number of hydrogen-bond acceptors (Lipinski definition) is 7. The average Bonchev–Trinajstić information content (AvgIpc) is 3.43. The van der Waals surface area contributed by atoms with E-state index in [4.69, 9.17) is 9.15 Å². The summed E-state index contributed by atoms with van der Waals surface area (Å²) in [5, 5.41) is 8.16. The molecule has 31 heavy (non-hydrogen) atoms. The normalized spacial score (nSPS) is 14.6. The number of nitrogens with zero attached hydrogens (tertiary/aromatic N) is 3. The Hall–Kier alpha value is -3.20. The van der Waals surface area contributed by atoms with Crippen LogP contribution in [0.3, 0.4) is 0 Å². The molecule has 0 aliphatic carbocycles. The lowest BCUT2D eigenvalue weighted by molar-refractivity contribution is -0.117. The summed E-state index contributed by atoms with van der Waals surface area (Å²) in [7, 11) is 0. The molecule has 0 radical (unpaired) electrons. The predicted molar refractivity (Wildman–Crippen MR) is 113 cm³/mol. The third kappa shape index (κ3) is 5.11. The second-order valence-electron chi connectivity index (χ2n) is 7.03. The molecule has 7 nitrogen and oxygen atoms in total. The second kappa shape index (κ2) is 9.30. The summed E-state index contributed by atoms with van der Waals surface area (Å²) in [5.41, 5.74) is 1.36. The van der Waals surface area contributed by atoms with Gasteiger partial charge in [0.15, 0.2) is 11.9 Å². The standard InChI is InChI=1S/C22H20FN3O4S/c1-14(29-18-10-6-16(23)7-11-18)21-24-25-22(30-21)31-13-19(27)15-4-8-17(9-5-15)26-12-2-3-20(26)28/h4-11,14H,2-3,12-13H2,1H3/t14-/m0/s1. The first-order valence-corrected chi connectivity index (χ1v) is 10.8. The van der Waals surface area contributed by atoms with Crippen molar-refractivity contribution in [1.82, 2.24) is 10.2 Å². The van der Waals surface area contributed by atoms with Crippen molar-refractivity contribution >= 4 is 29.1 Å². The molecule has 3 aromatic rings. The molecule has 1 saturated heterocycles. The van der Waals surface area contributed by atoms with Gasteiger partial charge in [-0.05, 0) is 61.9 Å². The van der Waals surface area contributed by atoms with Crippen LogP contribution in [0, 0.1) is 5.82 Å². The van der Waals surface area contributed by atoms with Crippen LogP contribution in [0.5, 0.6) is 5.75 Å². The van der Waals surface area contributed by atoms with Gasteiger partial charge >= 0.3 is 0 Å². The number of Topliss-reactive ketones (excluding diaryl/α,β-unsaturated/α-hetero) is 1. The zero-order valence-electron chi connectivity index (χ0n) is 16.8. The maximum Gasteiger partial charge on any atom is 0.277 e. The summed E-state index contributed by atoms with van der Waals surface area (Å²) in [5.74, 6) is 0.561. The molecule has 0 spiro atoms. The lowest BCUT2D eigenvalue weighted by Crippen LogP contribution is -2.23. The van der Waals surface area contributed by atoms with Gasteiger partial charge < -0.3 is 14.1 Å². The van der Waals surface area contributed by atoms with Crippen molar-refractivity contribution in [2.75, 3.05) is 17.2 Å². The molecule has 1 aliphatic rings. The van der Waals surface area contributed by atoms with Crippen molar-refractivity contribution in [1.29, 1.82) is 0 Å². The fraction of sp³-hybridized carbons (Fsp3) is 0.273. The number of ketones is 1. The third-order valence-corrected chi connectivity index (χ3v) is 5.62. The molecule has 1 aliphatic heterocycles. The van der Waals surface area contributed by atoms with Crippen LogP contribution in [-0.2, 0) is 4.79 Å². The zero-order chi connectivity index (χ0) is 21.8. The van der Waals surface area contributed by atoms with Crippen LogP contribution in [0.15, 0.2) is 58.2 Å². The molecule has 9 heteroatoms. The maximum absolute atomic E-state index is 13.0. The van der Waals surface area contributed by atoms with E-state index in [0.717, 1.165) is 23.9 Å². The molecular weight excluding hydrogens is 421 g/mol. The van der Waals surface area contributed by atoms with Crippen LogP contribution in [0.4, 0.5) is 10.1 Å². The van der Waals surface area contributed by atoms with Gasteiger partial charge in [0.25, 0.3) is 11.1 Å². The minimum absolute atomic E-state index is 0.0836. The maximum atomic E-state index is 13.0. The van der Waals surface area contributed by atoms with Gasteiger partial charge in [0.1, 0.15) is 11.6 Å². The summed E-state index contributed by atoms with van der Waals surface area (Å²) >= 11 is 1.14. The molecule has 4 rings (SSSR count). The van der Waals surface area contributed by atoms with Crippen LogP contribution in [0.2, 0.25) is 0 Å². The number of carbonyl (C=O) groups is 2. The number of anilines is 1. The minimum atomic E-state index is -0.524. The lowest BCUT2D eigenvalue weighted by Gasteiger charge is -2.15. The van der Waals surface area contributed by atoms with Gasteiger partial charge in [0, 0.05) is 24.2 Å². The average molecular weight is 441 g/mol. The van der Waals surface area contributed by atoms with Gasteiger partial charge in [-0.1, -0.05) is 11.8 Å². The van der Waals surface area contributed by atoms with Crippen LogP contribution < -0.4 is 9.64 Å². The summed E-state index contributed by atoms with van der Waals surface area (Å²) < 4.78 is 24.2. The fourth-order valence-corrected chi connectivity index (χ4v) is 3.83. The van der Waals surface area contributed by atoms with E-state index in [1.54, 1.807) is 36.1 Å². The van der Waals surface area contributed by atoms with Crippen molar-refractivity contribution in [3.05, 3.63) is 65.8 Å². The number of amides is 1. The first kappa shape index (κ1) is 21.0. The summed E-state index contributed by atoms with van der Waals surface area (Å²) in [4.78, 5) is 26.0. The van der Waals surface area contributed by atoms with Crippen molar-refractivity contribution in [2.24, 2.45) is 0 Å². The summed E-state index contributed by atoms with van der Waals surface area (Å²) in [6.07, 6.45) is 0.899. The van der Waals surface area contributed by atoms with E-state index in [1.807, 2.05) is 0 Å². The van der Waals surface area contributed by atoms with E-state index in [0.29, 0.717) is 24.3 Å². The quantitative estimate of drug-likeness (QED) is 0.377. The van der Waals surface area contributed by atoms with Gasteiger partial charge in [-0.3, -0.25) is 9.59 Å². The van der Waals surface area contributed by atoms with E-state index in [2.05, 4.69) is 10.2 Å². The topological polar surface area (TPSA) is 85.5 Å². The molecule has 1 aromatic heterocycles. The molecule has 0 bridgehead atoms. The van der Waals surface area contributed by atoms with Crippen LogP contribution >= 0.6 is 11.8 Å². The Morgan fingerprint density at radius 3 is 2.61 bits per heavy atom. The number of carbonyl (C=O) groups excluding carboxylic acids is 2. The van der Waals surface area contributed by atoms with Gasteiger partial charge in [-0.15, -0.1) is 10.2 Å². The Morgan fingerprint density at radius 2 is 1.94 bits per heavy atom. The predicted octanol–water partition coefficient (Wildman–Crippen LogP) is 4.45. The number of rotatable bonds is 8. The Kier molecular flexibility index (Phi) is 6.31. The third-order valence-electron chi connectivity index (χ3n) is 4.80. The molecule has 2 heterocycles. The number of ether oxygens (including phenoxy) is 1. The van der Waals surface area contributed by atoms with E-state index in [9.17, 15) is 14.0 Å². The van der Waals surface area contributed by atoms with Crippen LogP contribution in [0.1, 0.15) is 42.1 Å². The number of aromatic nitrogens is 2. The SMILES string of the molecule is C[C@H](Oc1ccc(F)cc1)c1nnc(SCC(=O)c2ccc(N3CCCC3=O)cc2)o1. The first-order valence-electron chi connectivity index (χ1n) is 9.81. The van der Waals surface area contributed by atoms with Crippen molar-refractivity contribution in [3.8, 4) is 5.75 Å². The molecular formula is C22H20FN3O4S. The lowest BCUT2D eigenvalue weighted by atomic mass is 10.1. The van der Waals surface area contributed by atoms with Crippen LogP contribution in [0.25, 0.3) is 0 Å². The van der Waals surface area contributed by atoms with E-state index in [-0.39, 0.29) is 34.4 Å². The van der Waals surface area contributed by atoms with Gasteiger partial charge in [0.05, 0.1) is 5.75 Å². The van der Waals surface area contributed by atoms with Crippen molar-refractivity contribution in [3.63, 3.8) is 0 Å². The highest BCUT2D eigenvalue weighted by Crippen LogP contribution is 2.25. The summed E-state index contributed by atoms with van der Waals surface area (Å²) in [6, 6.07) is 12.7. The smallest absolute Gasteiger partial charge is 0.277 e. The number of hydrogen-bond donors (Lipinski definition) is 0. The Balaban J connectivity index is 1.31. The van der Waals surface area contributed by atoms with E-state index >= 15 is 0 Å². The van der Waals surface area contributed by atoms with Crippen LogP contribution in [-0.4, -0.2) is 34.2 Å². The second-order valence-corrected chi connectivity index (χ2v) is 7.95. The van der Waals surface area contributed by atoms with Gasteiger partial charge in [-0.25, -0.2) is 4.39 Å². The molecule has 160 valence electrons. The minimum Gasteiger partial charge on any atom is -0.481 e.